The number of hydrogen-bond donors (Lipinski definition) is 1. The molecule has 0 atom stereocenters. The van der Waals surface area contributed by atoms with E-state index in [1.54, 1.807) is 11.0 Å². The number of benzene rings is 1. The molecule has 1 aliphatic rings. The van der Waals surface area contributed by atoms with Crippen molar-refractivity contribution < 1.29 is 9.90 Å². The minimum atomic E-state index is 0.00732. The fourth-order valence-electron chi connectivity index (χ4n) is 2.02. The van der Waals surface area contributed by atoms with E-state index in [9.17, 15) is 4.79 Å². The Morgan fingerprint density at radius 2 is 2.06 bits per heavy atom. The van der Waals surface area contributed by atoms with Crippen molar-refractivity contribution in [3.63, 3.8) is 0 Å². The molecule has 1 saturated carbocycles. The van der Waals surface area contributed by atoms with Gasteiger partial charge in [0.2, 0.25) is 5.91 Å². The molecule has 1 aromatic rings. The Labute approximate surface area is 108 Å². The van der Waals surface area contributed by atoms with Crippen molar-refractivity contribution in [2.24, 2.45) is 0 Å². The van der Waals surface area contributed by atoms with E-state index in [-0.39, 0.29) is 12.5 Å². The van der Waals surface area contributed by atoms with Gasteiger partial charge in [0.05, 0.1) is 6.61 Å². The third-order valence-corrected chi connectivity index (χ3v) is 3.18. The van der Waals surface area contributed by atoms with Crippen LogP contribution in [0.5, 0.6) is 0 Å². The zero-order valence-corrected chi connectivity index (χ0v) is 10.7. The molecule has 1 aliphatic carbocycles. The molecule has 0 bridgehead atoms. The fourth-order valence-corrected chi connectivity index (χ4v) is 2.02. The summed E-state index contributed by atoms with van der Waals surface area (Å²) in [5.41, 5.74) is 2.02. The molecule has 1 aromatic carbocycles. The Hall–Kier alpha value is -1.61. The van der Waals surface area contributed by atoms with Gasteiger partial charge in [-0.3, -0.25) is 4.79 Å². The minimum absolute atomic E-state index is 0.00732. The maximum Gasteiger partial charge on any atom is 0.247 e. The highest BCUT2D eigenvalue weighted by atomic mass is 16.3. The average molecular weight is 245 g/mol. The zero-order valence-electron chi connectivity index (χ0n) is 10.7. The van der Waals surface area contributed by atoms with Gasteiger partial charge in [-0.15, -0.1) is 0 Å². The van der Waals surface area contributed by atoms with Crippen LogP contribution in [-0.2, 0) is 4.79 Å². The van der Waals surface area contributed by atoms with Crippen LogP contribution in [0.1, 0.15) is 25.3 Å². The fraction of sp³-hybridized carbons (Fsp3) is 0.400. The number of carbonyl (C=O) groups excluding carboxylic acids is 1. The highest BCUT2D eigenvalue weighted by Crippen LogP contribution is 2.27. The molecule has 1 amide bonds. The number of amides is 1. The predicted molar refractivity (Wildman–Crippen MR) is 71.9 cm³/mol. The first-order valence-electron chi connectivity index (χ1n) is 6.37. The molecule has 0 unspecified atom stereocenters. The van der Waals surface area contributed by atoms with Crippen molar-refractivity contribution in [2.45, 2.75) is 25.8 Å². The van der Waals surface area contributed by atoms with Crippen LogP contribution in [0, 0.1) is 0 Å². The molecule has 0 spiro atoms. The largest absolute Gasteiger partial charge is 0.395 e. The van der Waals surface area contributed by atoms with Crippen molar-refractivity contribution in [3.05, 3.63) is 42.0 Å². The minimum Gasteiger partial charge on any atom is -0.395 e. The number of allylic oxidation sites excluding steroid dienone is 1. The first kappa shape index (κ1) is 12.8. The Morgan fingerprint density at radius 1 is 1.39 bits per heavy atom. The quantitative estimate of drug-likeness (QED) is 0.807. The van der Waals surface area contributed by atoms with Gasteiger partial charge in [-0.2, -0.15) is 0 Å². The van der Waals surface area contributed by atoms with E-state index in [0.717, 1.165) is 24.0 Å². The van der Waals surface area contributed by atoms with Crippen molar-refractivity contribution >= 4 is 11.5 Å². The van der Waals surface area contributed by atoms with Gasteiger partial charge in [-0.25, -0.2) is 0 Å². The summed E-state index contributed by atoms with van der Waals surface area (Å²) in [6.07, 6.45) is 3.79. The molecule has 0 saturated heterocycles. The first-order valence-corrected chi connectivity index (χ1v) is 6.37. The number of carbonyl (C=O) groups is 1. The van der Waals surface area contributed by atoms with E-state index >= 15 is 0 Å². The molecular formula is C15H19NO2. The number of rotatable bonds is 5. The summed E-state index contributed by atoms with van der Waals surface area (Å²) >= 11 is 0. The molecular weight excluding hydrogens is 226 g/mol. The van der Waals surface area contributed by atoms with Gasteiger partial charge >= 0.3 is 0 Å². The van der Waals surface area contributed by atoms with Crippen LogP contribution in [-0.4, -0.2) is 35.1 Å². The normalized spacial score (nSPS) is 15.6. The third kappa shape index (κ3) is 3.20. The molecule has 0 aliphatic heterocycles. The lowest BCUT2D eigenvalue weighted by Gasteiger charge is -2.19. The summed E-state index contributed by atoms with van der Waals surface area (Å²) in [5.74, 6) is 0.00732. The third-order valence-electron chi connectivity index (χ3n) is 3.18. The Balaban J connectivity index is 2.08. The van der Waals surface area contributed by atoms with Gasteiger partial charge in [-0.05, 0) is 30.9 Å². The second-order valence-electron chi connectivity index (χ2n) is 4.68. The highest BCUT2D eigenvalue weighted by Gasteiger charge is 2.31. The van der Waals surface area contributed by atoms with Gasteiger partial charge in [0.15, 0.2) is 0 Å². The van der Waals surface area contributed by atoms with Crippen molar-refractivity contribution in [3.8, 4) is 0 Å². The van der Waals surface area contributed by atoms with Crippen LogP contribution in [0.25, 0.3) is 5.57 Å². The van der Waals surface area contributed by atoms with E-state index in [4.69, 9.17) is 5.11 Å². The lowest BCUT2D eigenvalue weighted by Crippen LogP contribution is -2.34. The van der Waals surface area contributed by atoms with Crippen molar-refractivity contribution in [2.75, 3.05) is 13.2 Å². The molecule has 1 N–H and O–H groups in total. The molecule has 96 valence electrons. The van der Waals surface area contributed by atoms with Crippen LogP contribution in [0.4, 0.5) is 0 Å². The second-order valence-corrected chi connectivity index (χ2v) is 4.68. The maximum atomic E-state index is 12.1. The van der Waals surface area contributed by atoms with Gasteiger partial charge in [0.25, 0.3) is 0 Å². The van der Waals surface area contributed by atoms with Gasteiger partial charge in [0.1, 0.15) is 0 Å². The lowest BCUT2D eigenvalue weighted by molar-refractivity contribution is -0.127. The van der Waals surface area contributed by atoms with Gasteiger partial charge < -0.3 is 10.0 Å². The van der Waals surface area contributed by atoms with Crippen LogP contribution in [0.3, 0.4) is 0 Å². The smallest absolute Gasteiger partial charge is 0.247 e. The summed E-state index contributed by atoms with van der Waals surface area (Å²) in [7, 11) is 0. The number of aliphatic hydroxyl groups excluding tert-OH is 1. The molecule has 18 heavy (non-hydrogen) atoms. The monoisotopic (exact) mass is 245 g/mol. The Bertz CT molecular complexity index is 435. The summed E-state index contributed by atoms with van der Waals surface area (Å²) in [4.78, 5) is 13.9. The van der Waals surface area contributed by atoms with E-state index in [1.165, 1.54) is 0 Å². The van der Waals surface area contributed by atoms with Crippen molar-refractivity contribution in [1.82, 2.24) is 4.90 Å². The number of hydrogen-bond acceptors (Lipinski definition) is 2. The lowest BCUT2D eigenvalue weighted by atomic mass is 10.1. The predicted octanol–water partition coefficient (Wildman–Crippen LogP) is 2.07. The van der Waals surface area contributed by atoms with Crippen LogP contribution in [0.15, 0.2) is 36.4 Å². The second kappa shape index (κ2) is 5.83. The van der Waals surface area contributed by atoms with E-state index in [2.05, 4.69) is 0 Å². The number of nitrogens with zero attached hydrogens (tertiary/aromatic N) is 1. The Kier molecular flexibility index (Phi) is 4.15. The van der Waals surface area contributed by atoms with Crippen LogP contribution >= 0.6 is 0 Å². The zero-order chi connectivity index (χ0) is 13.0. The number of aliphatic hydroxyl groups is 1. The highest BCUT2D eigenvalue weighted by molar-refractivity contribution is 5.95. The average Bonchev–Trinajstić information content (AvgIpc) is 3.21. The molecule has 3 heteroatoms. The Morgan fingerprint density at radius 3 is 2.61 bits per heavy atom. The topological polar surface area (TPSA) is 40.5 Å². The SMILES string of the molecule is C/C(=C/C(=O)N(CCO)C1CC1)c1ccccc1. The van der Waals surface area contributed by atoms with E-state index < -0.39 is 0 Å². The molecule has 0 radical (unpaired) electrons. The molecule has 0 aromatic heterocycles. The first-order chi connectivity index (χ1) is 8.72. The van der Waals surface area contributed by atoms with Gasteiger partial charge in [-0.1, -0.05) is 30.3 Å². The molecule has 2 rings (SSSR count). The molecule has 1 fully saturated rings. The molecule has 3 nitrogen and oxygen atoms in total. The molecule has 0 heterocycles. The van der Waals surface area contributed by atoms with Crippen molar-refractivity contribution in [1.29, 1.82) is 0 Å². The maximum absolute atomic E-state index is 12.1. The van der Waals surface area contributed by atoms with Gasteiger partial charge in [0, 0.05) is 18.7 Å². The summed E-state index contributed by atoms with van der Waals surface area (Å²) in [5, 5.41) is 9.00. The van der Waals surface area contributed by atoms with Crippen LogP contribution < -0.4 is 0 Å². The van der Waals surface area contributed by atoms with E-state index in [0.29, 0.717) is 12.6 Å². The standard InChI is InChI=1S/C15H19NO2/c1-12(13-5-3-2-4-6-13)11-15(18)16(9-10-17)14-7-8-14/h2-6,11,14,17H,7-10H2,1H3/b12-11-. The van der Waals surface area contributed by atoms with Crippen LogP contribution in [0.2, 0.25) is 0 Å². The summed E-state index contributed by atoms with van der Waals surface area (Å²) < 4.78 is 0. The summed E-state index contributed by atoms with van der Waals surface area (Å²) in [6.45, 7) is 2.40. The van der Waals surface area contributed by atoms with E-state index in [1.807, 2.05) is 37.3 Å². The summed E-state index contributed by atoms with van der Waals surface area (Å²) in [6, 6.07) is 10.2.